The minimum atomic E-state index is -5.39. The zero-order valence-corrected chi connectivity index (χ0v) is 13.4. The van der Waals surface area contributed by atoms with Crippen molar-refractivity contribution in [2.75, 3.05) is 0 Å². The monoisotopic (exact) mass is 220 g/mol. The smallest absolute Gasteiger partial charge is 0.822 e. The molecule has 0 aromatic heterocycles. The van der Waals surface area contributed by atoms with Crippen molar-refractivity contribution in [3.63, 3.8) is 0 Å². The Bertz CT molecular complexity index is 61.9. The summed E-state index contributed by atoms with van der Waals surface area (Å²) < 4.78 is 8.55. The summed E-state index contributed by atoms with van der Waals surface area (Å²) >= 11 is 0. The standard InChI is InChI=1S/Fe.3Na.H3O4P/c;;;;1-5(2,3)4/h;;;;(H3,1,2,3,4)/q+2;3*+1;/p-3. The molecule has 0 aliphatic rings. The van der Waals surface area contributed by atoms with Gasteiger partial charge in [-0.1, -0.05) is 0 Å². The van der Waals surface area contributed by atoms with Crippen molar-refractivity contribution in [1.82, 2.24) is 0 Å². The maximum Gasteiger partial charge on any atom is 2.00 e. The number of hydrogen-bond donors (Lipinski definition) is 0. The second-order valence-electron chi connectivity index (χ2n) is 0.447. The predicted octanol–water partition coefficient (Wildman–Crippen LogP) is -11.8. The molecular formula is FeNa3O4P+2. The summed E-state index contributed by atoms with van der Waals surface area (Å²) in [6.45, 7) is 0. The molecule has 0 fully saturated rings. The maximum absolute atomic E-state index is 8.55. The van der Waals surface area contributed by atoms with Gasteiger partial charge in [0.05, 0.1) is 0 Å². The number of rotatable bonds is 0. The Hall–Kier alpha value is 3.63. The molecule has 0 aromatic carbocycles. The zero-order valence-electron chi connectivity index (χ0n) is 5.43. The first-order valence-corrected chi connectivity index (χ1v) is 2.19. The maximum atomic E-state index is 8.55. The van der Waals surface area contributed by atoms with Crippen molar-refractivity contribution >= 4 is 7.82 Å². The third-order valence-corrected chi connectivity index (χ3v) is 0. The van der Waals surface area contributed by atoms with Gasteiger partial charge in [-0.25, -0.2) is 0 Å². The molecule has 0 amide bonds. The summed E-state index contributed by atoms with van der Waals surface area (Å²) in [5, 5.41) is 0. The van der Waals surface area contributed by atoms with E-state index in [0.717, 1.165) is 0 Å². The molecule has 0 saturated carbocycles. The van der Waals surface area contributed by atoms with Gasteiger partial charge in [0.15, 0.2) is 0 Å². The van der Waals surface area contributed by atoms with Crippen molar-refractivity contribution in [1.29, 1.82) is 0 Å². The topological polar surface area (TPSA) is 86.2 Å². The summed E-state index contributed by atoms with van der Waals surface area (Å²) in [7, 11) is -5.39. The van der Waals surface area contributed by atoms with Crippen LogP contribution in [0.25, 0.3) is 0 Å². The minimum absolute atomic E-state index is 0. The van der Waals surface area contributed by atoms with Gasteiger partial charge in [-0.3, -0.25) is 0 Å². The predicted molar refractivity (Wildman–Crippen MR) is 7.61 cm³/mol. The van der Waals surface area contributed by atoms with Gasteiger partial charge in [0.25, 0.3) is 0 Å². The largest absolute Gasteiger partial charge is 2.00 e. The fourth-order valence-corrected chi connectivity index (χ4v) is 0. The molecule has 0 N–H and O–H groups in total. The molecule has 0 heterocycles. The molecule has 0 saturated heterocycles. The number of phosphoric acid groups is 1. The zero-order chi connectivity index (χ0) is 4.50. The molecule has 0 unspecified atom stereocenters. The third kappa shape index (κ3) is 81.9. The first-order chi connectivity index (χ1) is 2.00. The van der Waals surface area contributed by atoms with Crippen molar-refractivity contribution in [3.8, 4) is 0 Å². The van der Waals surface area contributed by atoms with Crippen molar-refractivity contribution in [2.24, 2.45) is 0 Å². The van der Waals surface area contributed by atoms with Crippen LogP contribution in [0.2, 0.25) is 0 Å². The van der Waals surface area contributed by atoms with Crippen molar-refractivity contribution < 1.29 is 125 Å². The normalized spacial score (nSPS) is 6.56. The van der Waals surface area contributed by atoms with Crippen LogP contribution in [-0.4, -0.2) is 0 Å². The van der Waals surface area contributed by atoms with Crippen LogP contribution in [-0.2, 0) is 21.6 Å². The van der Waals surface area contributed by atoms with E-state index in [0.29, 0.717) is 0 Å². The fourth-order valence-electron chi connectivity index (χ4n) is 0. The average Bonchev–Trinajstić information content (AvgIpc) is 0.722. The average molecular weight is 220 g/mol. The van der Waals surface area contributed by atoms with E-state index in [1.807, 2.05) is 0 Å². The first-order valence-electron chi connectivity index (χ1n) is 0.730. The molecular weight excluding hydrogens is 220 g/mol. The molecule has 0 rings (SSSR count). The van der Waals surface area contributed by atoms with Crippen LogP contribution in [0.1, 0.15) is 0 Å². The van der Waals surface area contributed by atoms with E-state index in [9.17, 15) is 0 Å². The Labute approximate surface area is 130 Å². The van der Waals surface area contributed by atoms with Crippen LogP contribution in [0.15, 0.2) is 0 Å². The van der Waals surface area contributed by atoms with E-state index in [4.69, 9.17) is 19.2 Å². The van der Waals surface area contributed by atoms with Crippen molar-refractivity contribution in [3.05, 3.63) is 0 Å². The summed E-state index contributed by atoms with van der Waals surface area (Å²) in [5.41, 5.74) is 0. The SMILES string of the molecule is O=P([O-])([O-])[O-].[Fe+2].[Na+].[Na+].[Na+]. The molecule has 0 aliphatic carbocycles. The van der Waals surface area contributed by atoms with Crippen LogP contribution < -0.4 is 103 Å². The Kier molecular flexibility index (Phi) is 46.2. The second kappa shape index (κ2) is 14.2. The number of hydrogen-bond acceptors (Lipinski definition) is 4. The van der Waals surface area contributed by atoms with Gasteiger partial charge in [0, 0.05) is 0 Å². The van der Waals surface area contributed by atoms with Gasteiger partial charge in [-0.15, -0.1) is 0 Å². The molecule has 4 nitrogen and oxygen atoms in total. The van der Waals surface area contributed by atoms with E-state index in [1.165, 1.54) is 0 Å². The fraction of sp³-hybridized carbons (Fsp3) is 0. The molecule has 0 aliphatic heterocycles. The molecule has 0 aromatic rings. The molecule has 0 atom stereocenters. The van der Waals surface area contributed by atoms with E-state index in [1.54, 1.807) is 0 Å². The Morgan fingerprint density at radius 3 is 0.889 bits per heavy atom. The quantitative estimate of drug-likeness (QED) is 0.299. The van der Waals surface area contributed by atoms with Crippen molar-refractivity contribution in [2.45, 2.75) is 0 Å². The molecule has 0 radical (unpaired) electrons. The van der Waals surface area contributed by atoms with Crippen LogP contribution in [0.5, 0.6) is 0 Å². The molecule has 9 heteroatoms. The van der Waals surface area contributed by atoms with Gasteiger partial charge in [0.1, 0.15) is 0 Å². The molecule has 38 valence electrons. The molecule has 0 spiro atoms. The third-order valence-electron chi connectivity index (χ3n) is 0. The van der Waals surface area contributed by atoms with Gasteiger partial charge < -0.3 is 19.2 Å². The van der Waals surface area contributed by atoms with Gasteiger partial charge >= 0.3 is 106 Å². The van der Waals surface area contributed by atoms with E-state index >= 15 is 0 Å². The Balaban J connectivity index is -0.0000000133. The van der Waals surface area contributed by atoms with Gasteiger partial charge in [-0.2, -0.15) is 7.82 Å². The first kappa shape index (κ1) is 29.3. The van der Waals surface area contributed by atoms with Crippen LogP contribution in [0.4, 0.5) is 0 Å². The van der Waals surface area contributed by atoms with Crippen LogP contribution in [0, 0.1) is 0 Å². The van der Waals surface area contributed by atoms with Crippen LogP contribution >= 0.6 is 7.82 Å². The van der Waals surface area contributed by atoms with Gasteiger partial charge in [-0.05, 0) is 0 Å². The summed E-state index contributed by atoms with van der Waals surface area (Å²) in [6, 6.07) is 0. The van der Waals surface area contributed by atoms with Gasteiger partial charge in [0.2, 0.25) is 0 Å². The summed E-state index contributed by atoms with van der Waals surface area (Å²) in [6.07, 6.45) is 0. The van der Waals surface area contributed by atoms with E-state index in [-0.39, 0.29) is 106 Å². The van der Waals surface area contributed by atoms with E-state index in [2.05, 4.69) is 0 Å². The summed E-state index contributed by atoms with van der Waals surface area (Å²) in [4.78, 5) is 25.6. The van der Waals surface area contributed by atoms with Crippen LogP contribution in [0.3, 0.4) is 0 Å². The molecule has 0 bridgehead atoms. The second-order valence-corrected chi connectivity index (χ2v) is 1.34. The van der Waals surface area contributed by atoms with E-state index < -0.39 is 7.82 Å². The summed E-state index contributed by atoms with van der Waals surface area (Å²) in [5.74, 6) is 0. The minimum Gasteiger partial charge on any atom is -0.822 e. The Morgan fingerprint density at radius 2 is 0.889 bits per heavy atom. The Morgan fingerprint density at radius 1 is 0.889 bits per heavy atom. The molecule has 9 heavy (non-hydrogen) atoms.